The van der Waals surface area contributed by atoms with Gasteiger partial charge in [0.25, 0.3) is 0 Å². The lowest BCUT2D eigenvalue weighted by Crippen LogP contribution is -1.94. The first-order valence-corrected chi connectivity index (χ1v) is 13.3. The molecule has 0 aliphatic carbocycles. The lowest BCUT2D eigenvalue weighted by Gasteiger charge is -2.09. The van der Waals surface area contributed by atoms with Crippen molar-refractivity contribution in [3.63, 3.8) is 0 Å². The second kappa shape index (κ2) is 7.62. The second-order valence-corrected chi connectivity index (χ2v) is 10.2. The van der Waals surface area contributed by atoms with Crippen molar-refractivity contribution in [2.24, 2.45) is 0 Å². The maximum atomic E-state index is 6.28. The molecule has 0 amide bonds. The van der Waals surface area contributed by atoms with Gasteiger partial charge < -0.3 is 13.6 Å². The molecule has 0 radical (unpaired) electrons. The summed E-state index contributed by atoms with van der Waals surface area (Å²) in [6.45, 7) is 0. The molecule has 0 aliphatic heterocycles. The molecule has 0 aliphatic rings. The number of fused-ring (bicyclic) bond motifs is 10. The monoisotopic (exact) mass is 498 g/mol. The fourth-order valence-electron chi connectivity index (χ4n) is 6.51. The van der Waals surface area contributed by atoms with E-state index in [1.54, 1.807) is 0 Å². The Morgan fingerprint density at radius 1 is 0.359 bits per heavy atom. The minimum Gasteiger partial charge on any atom is -0.456 e. The van der Waals surface area contributed by atoms with Gasteiger partial charge in [0.2, 0.25) is 0 Å². The van der Waals surface area contributed by atoms with E-state index in [0.717, 1.165) is 27.6 Å². The molecule has 9 aromatic rings. The van der Waals surface area contributed by atoms with E-state index in [1.165, 1.54) is 49.3 Å². The summed E-state index contributed by atoms with van der Waals surface area (Å²) >= 11 is 0. The fraction of sp³-hybridized carbons (Fsp3) is 0. The van der Waals surface area contributed by atoms with Gasteiger partial charge in [0.1, 0.15) is 11.2 Å². The highest BCUT2D eigenvalue weighted by molar-refractivity contribution is 6.29. The summed E-state index contributed by atoms with van der Waals surface area (Å²) in [5.74, 6) is 0. The molecule has 0 unspecified atom stereocenters. The Bertz CT molecular complexity index is 2390. The van der Waals surface area contributed by atoms with E-state index < -0.39 is 0 Å². The molecular weight excluding hydrogens is 476 g/mol. The van der Waals surface area contributed by atoms with Crippen LogP contribution < -0.4 is 0 Å². The maximum Gasteiger partial charge on any atom is 0.137 e. The summed E-state index contributed by atoms with van der Waals surface area (Å²) in [5.41, 5.74) is 8.89. The van der Waals surface area contributed by atoms with Crippen LogP contribution >= 0.6 is 0 Å². The predicted molar refractivity (Wildman–Crippen MR) is 162 cm³/mol. The van der Waals surface area contributed by atoms with Crippen LogP contribution in [-0.4, -0.2) is 9.13 Å². The topological polar surface area (TPSA) is 23.0 Å². The van der Waals surface area contributed by atoms with Gasteiger partial charge in [0.15, 0.2) is 0 Å². The third-order valence-electron chi connectivity index (χ3n) is 8.11. The van der Waals surface area contributed by atoms with Crippen LogP contribution in [0, 0.1) is 0 Å². The van der Waals surface area contributed by atoms with Gasteiger partial charge in [-0.15, -0.1) is 0 Å². The largest absolute Gasteiger partial charge is 0.456 e. The van der Waals surface area contributed by atoms with Crippen LogP contribution in [0.5, 0.6) is 0 Å². The van der Waals surface area contributed by atoms with Gasteiger partial charge in [0, 0.05) is 49.8 Å². The molecule has 6 aromatic carbocycles. The normalized spacial score (nSPS) is 12.1. The number of rotatable bonds is 2. The molecule has 0 bridgehead atoms. The number of benzene rings is 6. The first kappa shape index (κ1) is 20.7. The maximum absolute atomic E-state index is 6.28. The molecule has 182 valence electrons. The number of aromatic nitrogens is 2. The molecule has 3 heterocycles. The molecule has 0 atom stereocenters. The average Bonchev–Trinajstić information content (AvgIpc) is 3.64. The van der Waals surface area contributed by atoms with E-state index in [0.29, 0.717) is 0 Å². The Morgan fingerprint density at radius 3 is 1.59 bits per heavy atom. The third kappa shape index (κ3) is 2.76. The van der Waals surface area contributed by atoms with Crippen LogP contribution in [0.4, 0.5) is 0 Å². The number of nitrogens with zero attached hydrogens (tertiary/aromatic N) is 2. The van der Waals surface area contributed by atoms with Gasteiger partial charge in [-0.25, -0.2) is 0 Å². The standard InChI is InChI=1S/C36H22N2O/c1-2-10-23(11-3-1)37-29-15-7-4-13-27(29)35-31(37)20-21-32-36(35)28-14-5-8-16-30(28)38(32)24-18-19-26-25-12-6-9-17-33(25)39-34(26)22-24/h1-22H. The zero-order valence-electron chi connectivity index (χ0n) is 21.0. The zero-order chi connectivity index (χ0) is 25.5. The van der Waals surface area contributed by atoms with Crippen LogP contribution in [-0.2, 0) is 0 Å². The number of furan rings is 1. The number of hydrogen-bond acceptors (Lipinski definition) is 1. The highest BCUT2D eigenvalue weighted by Gasteiger charge is 2.20. The Labute approximate surface area is 223 Å². The summed E-state index contributed by atoms with van der Waals surface area (Å²) in [4.78, 5) is 0. The SMILES string of the molecule is c1ccc(-n2c3ccccc3c3c4c5ccccc5n(-c5ccc6c(c5)oc5ccccc56)c4ccc32)cc1. The molecule has 39 heavy (non-hydrogen) atoms. The smallest absolute Gasteiger partial charge is 0.137 e. The Morgan fingerprint density at radius 2 is 0.897 bits per heavy atom. The van der Waals surface area contributed by atoms with E-state index in [1.807, 2.05) is 12.1 Å². The van der Waals surface area contributed by atoms with Gasteiger partial charge in [-0.3, -0.25) is 0 Å². The lowest BCUT2D eigenvalue weighted by atomic mass is 10.1. The predicted octanol–water partition coefficient (Wildman–Crippen LogP) is 9.78. The minimum atomic E-state index is 0.904. The van der Waals surface area contributed by atoms with Crippen molar-refractivity contribution in [1.29, 1.82) is 0 Å². The molecular formula is C36H22N2O. The van der Waals surface area contributed by atoms with Crippen molar-refractivity contribution >= 4 is 65.6 Å². The quantitative estimate of drug-likeness (QED) is 0.233. The highest BCUT2D eigenvalue weighted by Crippen LogP contribution is 2.42. The lowest BCUT2D eigenvalue weighted by molar-refractivity contribution is 0.668. The van der Waals surface area contributed by atoms with Crippen LogP contribution in [0.15, 0.2) is 138 Å². The van der Waals surface area contributed by atoms with Gasteiger partial charge in [-0.1, -0.05) is 72.8 Å². The molecule has 0 fully saturated rings. The average molecular weight is 499 g/mol. The molecule has 9 rings (SSSR count). The molecule has 3 aromatic heterocycles. The van der Waals surface area contributed by atoms with Gasteiger partial charge in [-0.05, 0) is 54.6 Å². The van der Waals surface area contributed by atoms with Gasteiger partial charge in [-0.2, -0.15) is 0 Å². The van der Waals surface area contributed by atoms with Crippen molar-refractivity contribution < 1.29 is 4.42 Å². The van der Waals surface area contributed by atoms with E-state index in [2.05, 4.69) is 130 Å². The van der Waals surface area contributed by atoms with Crippen LogP contribution in [0.1, 0.15) is 0 Å². The fourth-order valence-corrected chi connectivity index (χ4v) is 6.51. The third-order valence-corrected chi connectivity index (χ3v) is 8.11. The van der Waals surface area contributed by atoms with Crippen molar-refractivity contribution in [1.82, 2.24) is 9.13 Å². The summed E-state index contributed by atoms with van der Waals surface area (Å²) in [5, 5.41) is 7.36. The highest BCUT2D eigenvalue weighted by atomic mass is 16.3. The molecule has 3 heteroatoms. The van der Waals surface area contributed by atoms with Crippen LogP contribution in [0.2, 0.25) is 0 Å². The second-order valence-electron chi connectivity index (χ2n) is 10.2. The van der Waals surface area contributed by atoms with E-state index >= 15 is 0 Å². The first-order chi connectivity index (χ1) is 19.4. The van der Waals surface area contributed by atoms with Crippen LogP contribution in [0.3, 0.4) is 0 Å². The van der Waals surface area contributed by atoms with Crippen molar-refractivity contribution in [2.45, 2.75) is 0 Å². The van der Waals surface area contributed by atoms with Crippen molar-refractivity contribution in [2.75, 3.05) is 0 Å². The Hall–Kier alpha value is -5.28. The van der Waals surface area contributed by atoms with Crippen LogP contribution in [0.25, 0.3) is 76.9 Å². The van der Waals surface area contributed by atoms with Crippen molar-refractivity contribution in [3.05, 3.63) is 133 Å². The molecule has 0 saturated heterocycles. The van der Waals surface area contributed by atoms with Gasteiger partial charge in [0.05, 0.1) is 22.1 Å². The Kier molecular flexibility index (Phi) is 4.05. The van der Waals surface area contributed by atoms with E-state index in [-0.39, 0.29) is 0 Å². The zero-order valence-corrected chi connectivity index (χ0v) is 21.0. The first-order valence-electron chi connectivity index (χ1n) is 13.3. The Balaban J connectivity index is 1.43. The minimum absolute atomic E-state index is 0.904. The van der Waals surface area contributed by atoms with Crippen molar-refractivity contribution in [3.8, 4) is 11.4 Å². The molecule has 0 spiro atoms. The van der Waals surface area contributed by atoms with E-state index in [4.69, 9.17) is 4.42 Å². The summed E-state index contributed by atoms with van der Waals surface area (Å²) in [6.07, 6.45) is 0. The molecule has 0 N–H and O–H groups in total. The molecule has 3 nitrogen and oxygen atoms in total. The summed E-state index contributed by atoms with van der Waals surface area (Å²) in [7, 11) is 0. The number of hydrogen-bond donors (Lipinski definition) is 0. The van der Waals surface area contributed by atoms with E-state index in [9.17, 15) is 0 Å². The van der Waals surface area contributed by atoms with Gasteiger partial charge >= 0.3 is 0 Å². The number of para-hydroxylation sites is 4. The molecule has 0 saturated carbocycles. The summed E-state index contributed by atoms with van der Waals surface area (Å²) < 4.78 is 11.0. The summed E-state index contributed by atoms with van der Waals surface area (Å²) in [6, 6.07) is 47.5.